The molecule has 0 heterocycles. The van der Waals surface area contributed by atoms with Crippen molar-refractivity contribution in [3.63, 3.8) is 0 Å². The van der Waals surface area contributed by atoms with Gasteiger partial charge in [-0.15, -0.1) is 0 Å². The molecule has 0 aliphatic rings. The fourth-order valence-electron chi connectivity index (χ4n) is 0.921. The van der Waals surface area contributed by atoms with Gasteiger partial charge in [0.05, 0.1) is 0 Å². The van der Waals surface area contributed by atoms with Crippen molar-refractivity contribution in [2.75, 3.05) is 32.7 Å². The maximum Gasteiger partial charge on any atom is -0.00474 e. The Labute approximate surface area is 85.7 Å². The van der Waals surface area contributed by atoms with Gasteiger partial charge in [0.1, 0.15) is 0 Å². The van der Waals surface area contributed by atoms with E-state index in [0.717, 1.165) is 13.1 Å². The number of hydrogen-bond acceptors (Lipinski definition) is 2. The molecule has 0 amide bonds. The summed E-state index contributed by atoms with van der Waals surface area (Å²) in [5, 5.41) is 3.11. The van der Waals surface area contributed by atoms with Crippen LogP contribution in [-0.4, -0.2) is 37.6 Å². The minimum Gasteiger partial charge on any atom is -0.317 e. The van der Waals surface area contributed by atoms with Gasteiger partial charge in [0.2, 0.25) is 0 Å². The summed E-state index contributed by atoms with van der Waals surface area (Å²) in [7, 11) is 0. The van der Waals surface area contributed by atoms with Crippen molar-refractivity contribution in [2.24, 2.45) is 0 Å². The molecule has 0 saturated carbocycles. The first-order valence-electron chi connectivity index (χ1n) is 5.19. The average molecular weight is 190 g/mol. The van der Waals surface area contributed by atoms with Gasteiger partial charge in [-0.25, -0.2) is 0 Å². The lowest BCUT2D eigenvalue weighted by molar-refractivity contribution is 0.321. The molecule has 0 aliphatic carbocycles. The molecular weight excluding hydrogens is 160 g/mol. The SMILES string of the molecule is C.CCN(CC)CC.CCNCC. The average Bonchev–Trinajstić information content (AvgIpc) is 2.10. The van der Waals surface area contributed by atoms with Gasteiger partial charge in [-0.1, -0.05) is 42.0 Å². The summed E-state index contributed by atoms with van der Waals surface area (Å²) in [5.74, 6) is 0. The van der Waals surface area contributed by atoms with Crippen LogP contribution in [0.3, 0.4) is 0 Å². The fraction of sp³-hybridized carbons (Fsp3) is 1.00. The van der Waals surface area contributed by atoms with Crippen molar-refractivity contribution in [3.8, 4) is 0 Å². The topological polar surface area (TPSA) is 15.3 Å². The van der Waals surface area contributed by atoms with Gasteiger partial charge in [-0.05, 0) is 32.7 Å². The summed E-state index contributed by atoms with van der Waals surface area (Å²) < 4.78 is 0. The molecule has 0 aromatic heterocycles. The van der Waals surface area contributed by atoms with E-state index in [1.54, 1.807) is 0 Å². The summed E-state index contributed by atoms with van der Waals surface area (Å²) in [6.45, 7) is 16.5. The number of rotatable bonds is 5. The number of nitrogens with one attached hydrogen (secondary N) is 1. The molecule has 0 aliphatic heterocycles. The van der Waals surface area contributed by atoms with Crippen LogP contribution in [0.1, 0.15) is 42.0 Å². The molecule has 0 atom stereocenters. The third-order valence-electron chi connectivity index (χ3n) is 1.84. The predicted octanol–water partition coefficient (Wildman–Crippen LogP) is 2.60. The van der Waals surface area contributed by atoms with E-state index < -0.39 is 0 Å². The van der Waals surface area contributed by atoms with Gasteiger partial charge in [0, 0.05) is 0 Å². The van der Waals surface area contributed by atoms with E-state index in [9.17, 15) is 0 Å². The highest BCUT2D eigenvalue weighted by atomic mass is 15.1. The number of hydrogen-bond donors (Lipinski definition) is 1. The maximum absolute atomic E-state index is 3.11. The van der Waals surface area contributed by atoms with Crippen LogP contribution < -0.4 is 5.32 Å². The molecule has 0 rings (SSSR count). The second-order valence-corrected chi connectivity index (χ2v) is 2.58. The van der Waals surface area contributed by atoms with E-state index >= 15 is 0 Å². The molecule has 13 heavy (non-hydrogen) atoms. The molecule has 0 aromatic rings. The third kappa shape index (κ3) is 18.7. The molecule has 84 valence electrons. The normalized spacial score (nSPS) is 8.77. The van der Waals surface area contributed by atoms with E-state index in [4.69, 9.17) is 0 Å². The Kier molecular flexibility index (Phi) is 25.6. The Bertz CT molecular complexity index is 53.6. The quantitative estimate of drug-likeness (QED) is 0.717. The summed E-state index contributed by atoms with van der Waals surface area (Å²) in [4.78, 5) is 2.38. The van der Waals surface area contributed by atoms with Gasteiger partial charge in [-0.2, -0.15) is 0 Å². The molecule has 0 fully saturated rings. The van der Waals surface area contributed by atoms with Crippen LogP contribution in [0.25, 0.3) is 0 Å². The second-order valence-electron chi connectivity index (χ2n) is 2.58. The standard InChI is InChI=1S/C6H15N.C4H11N.CH4/c1-4-7(5-2)6-3;1-3-5-4-2;/h4-6H2,1-3H3;5H,3-4H2,1-2H3;1H4. The highest BCUT2D eigenvalue weighted by Crippen LogP contribution is 1.81. The van der Waals surface area contributed by atoms with E-state index in [2.05, 4.69) is 44.8 Å². The van der Waals surface area contributed by atoms with Crippen LogP contribution in [0.15, 0.2) is 0 Å². The third-order valence-corrected chi connectivity index (χ3v) is 1.84. The van der Waals surface area contributed by atoms with E-state index in [1.807, 2.05) is 0 Å². The minimum absolute atomic E-state index is 0. The zero-order chi connectivity index (χ0) is 9.82. The van der Waals surface area contributed by atoms with E-state index in [-0.39, 0.29) is 7.43 Å². The first-order valence-corrected chi connectivity index (χ1v) is 5.19. The largest absolute Gasteiger partial charge is 0.317 e. The van der Waals surface area contributed by atoms with Crippen molar-refractivity contribution in [3.05, 3.63) is 0 Å². The van der Waals surface area contributed by atoms with Gasteiger partial charge in [-0.3, -0.25) is 0 Å². The van der Waals surface area contributed by atoms with Gasteiger partial charge >= 0.3 is 0 Å². The molecule has 0 aromatic carbocycles. The highest BCUT2D eigenvalue weighted by Gasteiger charge is 1.89. The first kappa shape index (κ1) is 18.7. The summed E-state index contributed by atoms with van der Waals surface area (Å²) in [6.07, 6.45) is 0. The Balaban J connectivity index is -0.000000150. The summed E-state index contributed by atoms with van der Waals surface area (Å²) >= 11 is 0. The van der Waals surface area contributed by atoms with Crippen molar-refractivity contribution in [2.45, 2.75) is 42.0 Å². The van der Waals surface area contributed by atoms with E-state index in [0.29, 0.717) is 0 Å². The highest BCUT2D eigenvalue weighted by molar-refractivity contribution is 4.43. The number of nitrogens with zero attached hydrogens (tertiary/aromatic N) is 1. The zero-order valence-corrected chi connectivity index (χ0v) is 9.48. The van der Waals surface area contributed by atoms with Crippen molar-refractivity contribution in [1.82, 2.24) is 10.2 Å². The Morgan fingerprint density at radius 3 is 1.08 bits per heavy atom. The monoisotopic (exact) mass is 190 g/mol. The predicted molar refractivity (Wildman–Crippen MR) is 64.4 cm³/mol. The van der Waals surface area contributed by atoms with Crippen molar-refractivity contribution >= 4 is 0 Å². The maximum atomic E-state index is 3.11. The van der Waals surface area contributed by atoms with Gasteiger partial charge in [0.25, 0.3) is 0 Å². The first-order chi connectivity index (χ1) is 5.76. The smallest absolute Gasteiger partial charge is 0.00474 e. The molecule has 0 radical (unpaired) electrons. The van der Waals surface area contributed by atoms with Crippen LogP contribution in [0.2, 0.25) is 0 Å². The lowest BCUT2D eigenvalue weighted by Gasteiger charge is -2.13. The van der Waals surface area contributed by atoms with E-state index in [1.165, 1.54) is 19.6 Å². The molecule has 0 unspecified atom stereocenters. The molecule has 1 N–H and O–H groups in total. The zero-order valence-electron chi connectivity index (χ0n) is 9.48. The van der Waals surface area contributed by atoms with Crippen molar-refractivity contribution < 1.29 is 0 Å². The summed E-state index contributed by atoms with van der Waals surface area (Å²) in [5.41, 5.74) is 0. The molecule has 0 spiro atoms. The summed E-state index contributed by atoms with van der Waals surface area (Å²) in [6, 6.07) is 0. The second kappa shape index (κ2) is 17.9. The molecule has 2 heteroatoms. The Hall–Kier alpha value is -0.0800. The molecular formula is C11H30N2. The van der Waals surface area contributed by atoms with Gasteiger partial charge < -0.3 is 10.2 Å². The van der Waals surface area contributed by atoms with Crippen LogP contribution in [0, 0.1) is 0 Å². The Morgan fingerprint density at radius 1 is 0.769 bits per heavy atom. The fourth-order valence-corrected chi connectivity index (χ4v) is 0.921. The lowest BCUT2D eigenvalue weighted by Crippen LogP contribution is -2.21. The molecule has 2 nitrogen and oxygen atoms in total. The van der Waals surface area contributed by atoms with Crippen LogP contribution in [0.4, 0.5) is 0 Å². The molecule has 0 saturated heterocycles. The van der Waals surface area contributed by atoms with Gasteiger partial charge in [0.15, 0.2) is 0 Å². The lowest BCUT2D eigenvalue weighted by atomic mass is 10.5. The van der Waals surface area contributed by atoms with Crippen LogP contribution >= 0.6 is 0 Å². The van der Waals surface area contributed by atoms with Crippen molar-refractivity contribution in [1.29, 1.82) is 0 Å². The Morgan fingerprint density at radius 2 is 1.08 bits per heavy atom. The minimum atomic E-state index is 0. The molecule has 0 bridgehead atoms. The van der Waals surface area contributed by atoms with Crippen LogP contribution in [0.5, 0.6) is 0 Å². The van der Waals surface area contributed by atoms with Crippen LogP contribution in [-0.2, 0) is 0 Å².